The predicted octanol–water partition coefficient (Wildman–Crippen LogP) is -0.160. The van der Waals surface area contributed by atoms with Crippen LogP contribution in [0.25, 0.3) is 0 Å². The quantitative estimate of drug-likeness (QED) is 0.747. The van der Waals surface area contributed by atoms with Gasteiger partial charge in [0.05, 0.1) is 18.8 Å². The summed E-state index contributed by atoms with van der Waals surface area (Å²) in [5.41, 5.74) is -0.159. The second kappa shape index (κ2) is 4.78. The lowest BCUT2D eigenvalue weighted by Gasteiger charge is -2.42. The maximum Gasteiger partial charge on any atom is 0.260 e. The Morgan fingerprint density at radius 1 is 1.39 bits per heavy atom. The first-order valence-electron chi connectivity index (χ1n) is 7.83. The number of nitrogens with zero attached hydrogens (tertiary/aromatic N) is 4. The highest BCUT2D eigenvalue weighted by atomic mass is 32.2. The summed E-state index contributed by atoms with van der Waals surface area (Å²) in [7, 11) is -2.10. The molecule has 4 heterocycles. The van der Waals surface area contributed by atoms with Crippen LogP contribution < -0.4 is 0 Å². The van der Waals surface area contributed by atoms with E-state index in [1.54, 1.807) is 25.1 Å². The minimum absolute atomic E-state index is 0.0173. The van der Waals surface area contributed by atoms with Crippen LogP contribution in [0.2, 0.25) is 0 Å². The maximum atomic E-state index is 13.1. The van der Waals surface area contributed by atoms with Gasteiger partial charge in [-0.15, -0.1) is 0 Å². The zero-order chi connectivity index (χ0) is 16.4. The molecule has 3 fully saturated rings. The van der Waals surface area contributed by atoms with Gasteiger partial charge in [-0.3, -0.25) is 9.48 Å². The predicted molar refractivity (Wildman–Crippen MR) is 79.9 cm³/mol. The second-order valence-corrected chi connectivity index (χ2v) is 8.24. The molecule has 3 saturated heterocycles. The van der Waals surface area contributed by atoms with E-state index in [9.17, 15) is 13.2 Å². The molecule has 1 amide bonds. The van der Waals surface area contributed by atoms with Crippen molar-refractivity contribution in [3.05, 3.63) is 11.8 Å². The molecule has 3 aliphatic rings. The van der Waals surface area contributed by atoms with Crippen LogP contribution in [-0.4, -0.2) is 64.8 Å². The fourth-order valence-electron chi connectivity index (χ4n) is 4.22. The van der Waals surface area contributed by atoms with E-state index in [-0.39, 0.29) is 17.4 Å². The van der Waals surface area contributed by atoms with Crippen LogP contribution in [0.15, 0.2) is 11.2 Å². The third-order valence-electron chi connectivity index (χ3n) is 5.17. The maximum absolute atomic E-state index is 13.1. The van der Waals surface area contributed by atoms with Crippen LogP contribution >= 0.6 is 0 Å². The number of carbonyl (C=O) groups is 1. The first-order chi connectivity index (χ1) is 10.9. The van der Waals surface area contributed by atoms with Crippen molar-refractivity contribution in [2.24, 2.45) is 7.05 Å². The standard InChI is InChI=1S/C14H20N4O4S/c1-10-9-15-16(2)13(10)23(20,21)18-6-4-14-11(18)8-12(19)17(14)5-3-7-22-14/h9,11H,3-8H2,1-2H3/t11-,14+/m1/s1. The largest absolute Gasteiger partial charge is 0.354 e. The number of aryl methyl sites for hydroxylation is 2. The summed E-state index contributed by atoms with van der Waals surface area (Å²) in [6.07, 6.45) is 3.06. The van der Waals surface area contributed by atoms with E-state index in [1.807, 2.05) is 0 Å². The third-order valence-corrected chi connectivity index (χ3v) is 7.30. The fourth-order valence-corrected chi connectivity index (χ4v) is 6.19. The Morgan fingerprint density at radius 3 is 2.87 bits per heavy atom. The van der Waals surface area contributed by atoms with Crippen molar-refractivity contribution in [3.8, 4) is 0 Å². The van der Waals surface area contributed by atoms with Crippen molar-refractivity contribution in [2.75, 3.05) is 19.7 Å². The van der Waals surface area contributed by atoms with E-state index in [0.29, 0.717) is 31.7 Å². The highest BCUT2D eigenvalue weighted by Crippen LogP contribution is 2.46. The molecule has 2 atom stereocenters. The van der Waals surface area contributed by atoms with E-state index >= 15 is 0 Å². The van der Waals surface area contributed by atoms with Gasteiger partial charge in [0.1, 0.15) is 0 Å². The molecule has 1 aromatic rings. The lowest BCUT2D eigenvalue weighted by molar-refractivity contribution is -0.178. The van der Waals surface area contributed by atoms with E-state index in [1.165, 1.54) is 8.99 Å². The van der Waals surface area contributed by atoms with Gasteiger partial charge in [-0.1, -0.05) is 0 Å². The fraction of sp³-hybridized carbons (Fsp3) is 0.714. The van der Waals surface area contributed by atoms with Gasteiger partial charge in [0.15, 0.2) is 10.8 Å². The summed E-state index contributed by atoms with van der Waals surface area (Å²) in [6.45, 7) is 3.31. The number of rotatable bonds is 2. The number of amides is 1. The van der Waals surface area contributed by atoms with Crippen molar-refractivity contribution in [1.82, 2.24) is 19.0 Å². The monoisotopic (exact) mass is 340 g/mol. The van der Waals surface area contributed by atoms with Crippen molar-refractivity contribution >= 4 is 15.9 Å². The molecule has 0 aliphatic carbocycles. The van der Waals surface area contributed by atoms with Gasteiger partial charge >= 0.3 is 0 Å². The minimum Gasteiger partial charge on any atom is -0.354 e. The Morgan fingerprint density at radius 2 is 2.17 bits per heavy atom. The molecule has 0 bridgehead atoms. The number of sulfonamides is 1. The minimum atomic E-state index is -3.72. The van der Waals surface area contributed by atoms with E-state index in [4.69, 9.17) is 4.74 Å². The van der Waals surface area contributed by atoms with Crippen LogP contribution in [0.5, 0.6) is 0 Å². The van der Waals surface area contributed by atoms with E-state index in [0.717, 1.165) is 6.42 Å². The van der Waals surface area contributed by atoms with Crippen LogP contribution in [0, 0.1) is 6.92 Å². The van der Waals surface area contributed by atoms with Gasteiger partial charge in [0.2, 0.25) is 5.91 Å². The molecule has 9 heteroatoms. The van der Waals surface area contributed by atoms with Crippen molar-refractivity contribution in [1.29, 1.82) is 0 Å². The molecule has 1 spiro atoms. The number of hydrogen-bond acceptors (Lipinski definition) is 5. The van der Waals surface area contributed by atoms with E-state index in [2.05, 4.69) is 5.10 Å². The Kier molecular flexibility index (Phi) is 3.14. The molecule has 4 rings (SSSR count). The van der Waals surface area contributed by atoms with Gasteiger partial charge in [-0.05, 0) is 13.3 Å². The second-order valence-electron chi connectivity index (χ2n) is 6.43. The number of carbonyl (C=O) groups excluding carboxylic acids is 1. The van der Waals surface area contributed by atoms with Crippen LogP contribution in [0.1, 0.15) is 24.8 Å². The highest BCUT2D eigenvalue weighted by Gasteiger charge is 2.63. The average molecular weight is 340 g/mol. The Hall–Kier alpha value is -1.45. The average Bonchev–Trinajstić information content (AvgIpc) is 3.09. The van der Waals surface area contributed by atoms with Crippen LogP contribution in [0.4, 0.5) is 0 Å². The molecule has 0 unspecified atom stereocenters. The molecule has 126 valence electrons. The summed E-state index contributed by atoms with van der Waals surface area (Å²) in [6, 6.07) is -0.449. The normalized spacial score (nSPS) is 31.5. The number of hydrogen-bond donors (Lipinski definition) is 0. The van der Waals surface area contributed by atoms with Gasteiger partial charge in [-0.25, -0.2) is 8.42 Å². The Labute approximate surface area is 135 Å². The summed E-state index contributed by atoms with van der Waals surface area (Å²) in [5.74, 6) is -0.0173. The molecular weight excluding hydrogens is 320 g/mol. The molecular formula is C14H20N4O4S. The first-order valence-corrected chi connectivity index (χ1v) is 9.27. The summed E-state index contributed by atoms with van der Waals surface area (Å²) in [5, 5.41) is 4.23. The summed E-state index contributed by atoms with van der Waals surface area (Å²) >= 11 is 0. The number of aromatic nitrogens is 2. The van der Waals surface area contributed by atoms with Crippen LogP contribution in [-0.2, 0) is 26.6 Å². The lowest BCUT2D eigenvalue weighted by Crippen LogP contribution is -2.56. The van der Waals surface area contributed by atoms with Gasteiger partial charge in [0, 0.05) is 38.5 Å². The zero-order valence-electron chi connectivity index (χ0n) is 13.2. The zero-order valence-corrected chi connectivity index (χ0v) is 14.0. The Balaban J connectivity index is 1.76. The van der Waals surface area contributed by atoms with Crippen molar-refractivity contribution < 1.29 is 17.9 Å². The molecule has 23 heavy (non-hydrogen) atoms. The first kappa shape index (κ1) is 15.1. The lowest BCUT2D eigenvalue weighted by atomic mass is 10.0. The number of ether oxygens (including phenoxy) is 1. The molecule has 3 aliphatic heterocycles. The smallest absolute Gasteiger partial charge is 0.260 e. The van der Waals surface area contributed by atoms with E-state index < -0.39 is 21.8 Å². The Bertz CT molecular complexity index is 754. The van der Waals surface area contributed by atoms with Crippen molar-refractivity contribution in [3.63, 3.8) is 0 Å². The third kappa shape index (κ3) is 1.87. The molecule has 0 radical (unpaired) electrons. The summed E-state index contributed by atoms with van der Waals surface area (Å²) < 4.78 is 35.1. The highest BCUT2D eigenvalue weighted by molar-refractivity contribution is 7.89. The van der Waals surface area contributed by atoms with Crippen LogP contribution in [0.3, 0.4) is 0 Å². The molecule has 0 N–H and O–H groups in total. The summed E-state index contributed by atoms with van der Waals surface area (Å²) in [4.78, 5) is 14.1. The van der Waals surface area contributed by atoms with Gasteiger partial charge < -0.3 is 9.64 Å². The molecule has 0 aromatic carbocycles. The molecule has 8 nitrogen and oxygen atoms in total. The van der Waals surface area contributed by atoms with Crippen molar-refractivity contribution in [2.45, 2.75) is 43.0 Å². The SMILES string of the molecule is Cc1cnn(C)c1S(=O)(=O)N1CC[C@@]23OCCCN2C(=O)C[C@@H]13. The molecule has 1 aromatic heterocycles. The molecule has 0 saturated carbocycles. The topological polar surface area (TPSA) is 84.7 Å². The van der Waals surface area contributed by atoms with Gasteiger partial charge in [-0.2, -0.15) is 9.40 Å². The van der Waals surface area contributed by atoms with Gasteiger partial charge in [0.25, 0.3) is 10.0 Å².